The zero-order chi connectivity index (χ0) is 19.1. The number of rotatable bonds is 8. The molecule has 1 aliphatic heterocycles. The fraction of sp³-hybridized carbons (Fsp3) is 0.522. The average Bonchev–Trinajstić information content (AvgIpc) is 2.71. The monoisotopic (exact) mass is 368 g/mol. The van der Waals surface area contributed by atoms with Crippen LogP contribution in [0.3, 0.4) is 0 Å². The highest BCUT2D eigenvalue weighted by Gasteiger charge is 2.15. The molecule has 0 bridgehead atoms. The Balaban J connectivity index is 1.51. The highest BCUT2D eigenvalue weighted by Crippen LogP contribution is 2.27. The number of piperidine rings is 1. The lowest BCUT2D eigenvalue weighted by atomic mass is 10.0. The van der Waals surface area contributed by atoms with Crippen LogP contribution in [0.15, 0.2) is 36.4 Å². The second-order valence-corrected chi connectivity index (χ2v) is 7.48. The molecule has 1 aromatic heterocycles. The Labute approximate surface area is 163 Å². The molecule has 0 saturated carbocycles. The zero-order valence-corrected chi connectivity index (χ0v) is 16.9. The average molecular weight is 369 g/mol. The SMILES string of the molecule is CCc1nc(OC)ccc1-c1ccc(OCCCN2CCC[C@H](C)C2)cc1. The first-order valence-electron chi connectivity index (χ1n) is 10.2. The minimum absolute atomic E-state index is 0.665. The number of aryl methyl sites for hydroxylation is 1. The predicted octanol–water partition coefficient (Wildman–Crippen LogP) is 4.82. The van der Waals surface area contributed by atoms with E-state index in [2.05, 4.69) is 54.1 Å². The molecule has 27 heavy (non-hydrogen) atoms. The van der Waals surface area contributed by atoms with E-state index in [1.165, 1.54) is 25.9 Å². The van der Waals surface area contributed by atoms with Crippen molar-refractivity contribution in [2.45, 2.75) is 39.5 Å². The summed E-state index contributed by atoms with van der Waals surface area (Å²) in [7, 11) is 1.65. The molecule has 0 amide bonds. The number of methoxy groups -OCH3 is 1. The van der Waals surface area contributed by atoms with Gasteiger partial charge in [-0.2, -0.15) is 0 Å². The van der Waals surface area contributed by atoms with Gasteiger partial charge >= 0.3 is 0 Å². The molecule has 2 heterocycles. The molecule has 1 atom stereocenters. The lowest BCUT2D eigenvalue weighted by Crippen LogP contribution is -2.35. The van der Waals surface area contributed by atoms with Gasteiger partial charge in [0.25, 0.3) is 0 Å². The van der Waals surface area contributed by atoms with Crippen molar-refractivity contribution in [3.05, 3.63) is 42.1 Å². The highest BCUT2D eigenvalue weighted by molar-refractivity contribution is 5.67. The number of hydrogen-bond acceptors (Lipinski definition) is 4. The Hall–Kier alpha value is -2.07. The van der Waals surface area contributed by atoms with Crippen LogP contribution in [0.2, 0.25) is 0 Å². The maximum Gasteiger partial charge on any atom is 0.213 e. The van der Waals surface area contributed by atoms with Crippen molar-refractivity contribution < 1.29 is 9.47 Å². The van der Waals surface area contributed by atoms with Gasteiger partial charge in [-0.1, -0.05) is 26.0 Å². The van der Waals surface area contributed by atoms with E-state index in [1.54, 1.807) is 7.11 Å². The summed E-state index contributed by atoms with van der Waals surface area (Å²) in [6.45, 7) is 8.87. The van der Waals surface area contributed by atoms with Crippen LogP contribution >= 0.6 is 0 Å². The molecule has 0 unspecified atom stereocenters. The van der Waals surface area contributed by atoms with Crippen molar-refractivity contribution in [2.75, 3.05) is 33.4 Å². The quantitative estimate of drug-likeness (QED) is 0.626. The molecule has 0 radical (unpaired) electrons. The van der Waals surface area contributed by atoms with Gasteiger partial charge in [-0.3, -0.25) is 0 Å². The van der Waals surface area contributed by atoms with E-state index in [-0.39, 0.29) is 0 Å². The largest absolute Gasteiger partial charge is 0.494 e. The number of pyridine rings is 1. The van der Waals surface area contributed by atoms with Crippen LogP contribution in [0.25, 0.3) is 11.1 Å². The third-order valence-corrected chi connectivity index (χ3v) is 5.29. The molecule has 4 heteroatoms. The summed E-state index contributed by atoms with van der Waals surface area (Å²) < 4.78 is 11.2. The van der Waals surface area contributed by atoms with Crippen LogP contribution in [0, 0.1) is 5.92 Å². The molecule has 0 spiro atoms. The summed E-state index contributed by atoms with van der Waals surface area (Å²) in [5.41, 5.74) is 3.37. The highest BCUT2D eigenvalue weighted by atomic mass is 16.5. The summed E-state index contributed by atoms with van der Waals surface area (Å²) in [5, 5.41) is 0. The molecule has 3 rings (SSSR count). The lowest BCUT2D eigenvalue weighted by molar-refractivity contribution is 0.170. The van der Waals surface area contributed by atoms with Crippen LogP contribution in [0.4, 0.5) is 0 Å². The molecule has 146 valence electrons. The van der Waals surface area contributed by atoms with Gasteiger partial charge in [0.15, 0.2) is 0 Å². The van der Waals surface area contributed by atoms with Crippen molar-refractivity contribution >= 4 is 0 Å². The predicted molar refractivity (Wildman–Crippen MR) is 111 cm³/mol. The standard InChI is InChI=1S/C23H32N2O2/c1-4-22-21(12-13-23(24-22)26-3)19-8-10-20(11-9-19)27-16-6-15-25-14-5-7-18(2)17-25/h8-13,18H,4-7,14-17H2,1-3H3/t18-/m0/s1. The van der Waals surface area contributed by atoms with Gasteiger partial charge in [-0.25, -0.2) is 4.98 Å². The minimum atomic E-state index is 0.665. The Bertz CT molecular complexity index is 715. The topological polar surface area (TPSA) is 34.6 Å². The van der Waals surface area contributed by atoms with Crippen molar-refractivity contribution in [1.82, 2.24) is 9.88 Å². The molecule has 1 aromatic carbocycles. The first-order chi connectivity index (χ1) is 13.2. The summed E-state index contributed by atoms with van der Waals surface area (Å²) in [4.78, 5) is 7.13. The van der Waals surface area contributed by atoms with Crippen LogP contribution in [0.1, 0.15) is 38.8 Å². The van der Waals surface area contributed by atoms with Gasteiger partial charge in [0.05, 0.1) is 19.4 Å². The molecule has 1 aliphatic rings. The van der Waals surface area contributed by atoms with Gasteiger partial charge in [-0.05, 0) is 61.9 Å². The molecular weight excluding hydrogens is 336 g/mol. The van der Waals surface area contributed by atoms with E-state index >= 15 is 0 Å². The van der Waals surface area contributed by atoms with E-state index in [4.69, 9.17) is 9.47 Å². The van der Waals surface area contributed by atoms with Gasteiger partial charge in [-0.15, -0.1) is 0 Å². The third kappa shape index (κ3) is 5.46. The van der Waals surface area contributed by atoms with Crippen LogP contribution in [-0.2, 0) is 6.42 Å². The molecular formula is C23H32N2O2. The molecule has 1 fully saturated rings. The van der Waals surface area contributed by atoms with Crippen LogP contribution in [-0.4, -0.2) is 43.2 Å². The Kier molecular flexibility index (Phi) is 7.11. The van der Waals surface area contributed by atoms with Crippen molar-refractivity contribution in [3.63, 3.8) is 0 Å². The second-order valence-electron chi connectivity index (χ2n) is 7.48. The Morgan fingerprint density at radius 1 is 1.15 bits per heavy atom. The van der Waals surface area contributed by atoms with Crippen LogP contribution in [0.5, 0.6) is 11.6 Å². The third-order valence-electron chi connectivity index (χ3n) is 5.29. The van der Waals surface area contributed by atoms with E-state index in [0.29, 0.717) is 5.88 Å². The van der Waals surface area contributed by atoms with Crippen molar-refractivity contribution in [2.24, 2.45) is 5.92 Å². The second kappa shape index (κ2) is 9.75. The first kappa shape index (κ1) is 19.7. The number of benzene rings is 1. The Morgan fingerprint density at radius 3 is 2.67 bits per heavy atom. The number of aromatic nitrogens is 1. The van der Waals surface area contributed by atoms with E-state index in [9.17, 15) is 0 Å². The molecule has 1 saturated heterocycles. The van der Waals surface area contributed by atoms with Crippen molar-refractivity contribution in [3.8, 4) is 22.8 Å². The molecule has 0 N–H and O–H groups in total. The summed E-state index contributed by atoms with van der Waals surface area (Å²) in [6.07, 6.45) is 4.67. The molecule has 2 aromatic rings. The first-order valence-corrected chi connectivity index (χ1v) is 10.2. The number of hydrogen-bond donors (Lipinski definition) is 0. The number of likely N-dealkylation sites (tertiary alicyclic amines) is 1. The molecule has 4 nitrogen and oxygen atoms in total. The van der Waals surface area contributed by atoms with Gasteiger partial charge in [0.2, 0.25) is 5.88 Å². The van der Waals surface area contributed by atoms with E-state index < -0.39 is 0 Å². The van der Waals surface area contributed by atoms with Gasteiger partial charge in [0, 0.05) is 24.7 Å². The zero-order valence-electron chi connectivity index (χ0n) is 16.9. The smallest absolute Gasteiger partial charge is 0.213 e. The molecule has 0 aliphatic carbocycles. The maximum absolute atomic E-state index is 5.95. The fourth-order valence-electron chi connectivity index (χ4n) is 3.83. The van der Waals surface area contributed by atoms with E-state index in [0.717, 1.165) is 54.5 Å². The Morgan fingerprint density at radius 2 is 1.96 bits per heavy atom. The van der Waals surface area contributed by atoms with E-state index in [1.807, 2.05) is 6.07 Å². The summed E-state index contributed by atoms with van der Waals surface area (Å²) in [6, 6.07) is 12.3. The normalized spacial score (nSPS) is 17.7. The summed E-state index contributed by atoms with van der Waals surface area (Å²) >= 11 is 0. The van der Waals surface area contributed by atoms with Crippen LogP contribution < -0.4 is 9.47 Å². The maximum atomic E-state index is 5.95. The number of nitrogens with zero attached hydrogens (tertiary/aromatic N) is 2. The van der Waals surface area contributed by atoms with Gasteiger partial charge in [0.1, 0.15) is 5.75 Å². The van der Waals surface area contributed by atoms with Gasteiger partial charge < -0.3 is 14.4 Å². The lowest BCUT2D eigenvalue weighted by Gasteiger charge is -2.30. The minimum Gasteiger partial charge on any atom is -0.494 e. The number of ether oxygens (including phenoxy) is 2. The fourth-order valence-corrected chi connectivity index (χ4v) is 3.83. The van der Waals surface area contributed by atoms with Crippen molar-refractivity contribution in [1.29, 1.82) is 0 Å². The summed E-state index contributed by atoms with van der Waals surface area (Å²) in [5.74, 6) is 2.44.